The molecule has 3 aromatic heterocycles. The first-order chi connectivity index (χ1) is 24.1. The van der Waals surface area contributed by atoms with Gasteiger partial charge in [-0.2, -0.15) is 0 Å². The molecule has 8 aromatic rings. The molecule has 0 bridgehead atoms. The monoisotopic (exact) mass is 652 g/mol. The van der Waals surface area contributed by atoms with E-state index in [1.54, 1.807) is 0 Å². The van der Waals surface area contributed by atoms with Crippen LogP contribution in [0.25, 0.3) is 66.6 Å². The Morgan fingerprint density at radius 2 is 1.36 bits per heavy atom. The average Bonchev–Trinajstić information content (AvgIpc) is 3.73. The van der Waals surface area contributed by atoms with E-state index in [1.165, 1.54) is 60.6 Å². The standard InChI is InChI=1S/C46H44N4/c1-29(2)35-17-12-18-36(30(3)4)43(35)49-26-25-48-44(49)33-22-21-31-13-11-19-37(39(31)28-33)32-14-10-15-34(27-32)50-41-20-9-8-16-38(41)42-40(46(5,6)7)23-24-47-45(42)50/h8-30H,1-7H3. The van der Waals surface area contributed by atoms with Crippen LogP contribution in [0.5, 0.6) is 0 Å². The second-order valence-corrected chi connectivity index (χ2v) is 15.2. The Morgan fingerprint density at radius 1 is 0.620 bits per heavy atom. The molecule has 248 valence electrons. The highest BCUT2D eigenvalue weighted by molar-refractivity contribution is 6.10. The average molecular weight is 653 g/mol. The number of imidazole rings is 1. The summed E-state index contributed by atoms with van der Waals surface area (Å²) in [5.74, 6) is 1.73. The number of hydrogen-bond donors (Lipinski definition) is 0. The molecular weight excluding hydrogens is 609 g/mol. The minimum atomic E-state index is -0.0133. The Labute approximate surface area is 295 Å². The second kappa shape index (κ2) is 12.1. The topological polar surface area (TPSA) is 35.6 Å². The number of aromatic nitrogens is 4. The maximum Gasteiger partial charge on any atom is 0.145 e. The SMILES string of the molecule is CC(C)c1cccc(C(C)C)c1-n1ccnc1-c1ccc2cccc(-c3cccc(-n4c5ccccc5c5c(C(C)(C)C)ccnc54)c3)c2c1. The molecule has 3 heterocycles. The van der Waals surface area contributed by atoms with E-state index in [1.807, 2.05) is 12.4 Å². The highest BCUT2D eigenvalue weighted by Crippen LogP contribution is 2.40. The molecule has 0 unspecified atom stereocenters. The minimum absolute atomic E-state index is 0.0133. The Kier molecular flexibility index (Phi) is 7.71. The van der Waals surface area contributed by atoms with Gasteiger partial charge in [0.2, 0.25) is 0 Å². The summed E-state index contributed by atoms with van der Waals surface area (Å²) < 4.78 is 4.63. The molecule has 0 aliphatic carbocycles. The minimum Gasteiger partial charge on any atom is -0.299 e. The van der Waals surface area contributed by atoms with Crippen molar-refractivity contribution in [3.63, 3.8) is 0 Å². The molecule has 4 heteroatoms. The molecule has 0 fully saturated rings. The zero-order chi connectivity index (χ0) is 34.7. The fourth-order valence-corrected chi connectivity index (χ4v) is 7.73. The van der Waals surface area contributed by atoms with E-state index in [2.05, 4.69) is 173 Å². The molecule has 0 saturated heterocycles. The summed E-state index contributed by atoms with van der Waals surface area (Å²) in [6.45, 7) is 15.9. The summed E-state index contributed by atoms with van der Waals surface area (Å²) >= 11 is 0. The predicted molar refractivity (Wildman–Crippen MR) is 211 cm³/mol. The largest absolute Gasteiger partial charge is 0.299 e. The van der Waals surface area contributed by atoms with Crippen molar-refractivity contribution in [3.8, 4) is 33.9 Å². The number of benzene rings is 5. The summed E-state index contributed by atoms with van der Waals surface area (Å²) in [4.78, 5) is 9.94. The lowest BCUT2D eigenvalue weighted by atomic mass is 9.85. The van der Waals surface area contributed by atoms with Crippen LogP contribution in [0.2, 0.25) is 0 Å². The van der Waals surface area contributed by atoms with Crippen molar-refractivity contribution >= 4 is 32.7 Å². The van der Waals surface area contributed by atoms with Crippen LogP contribution in [0.4, 0.5) is 0 Å². The van der Waals surface area contributed by atoms with Crippen molar-refractivity contribution in [1.82, 2.24) is 19.1 Å². The maximum atomic E-state index is 4.98. The lowest BCUT2D eigenvalue weighted by molar-refractivity contribution is 0.595. The molecule has 0 radical (unpaired) electrons. The van der Waals surface area contributed by atoms with Gasteiger partial charge in [-0.25, -0.2) is 9.97 Å². The van der Waals surface area contributed by atoms with Gasteiger partial charge in [0, 0.05) is 40.6 Å². The van der Waals surface area contributed by atoms with E-state index >= 15 is 0 Å². The Bertz CT molecular complexity index is 2510. The Hall–Kier alpha value is -5.48. The van der Waals surface area contributed by atoms with Crippen LogP contribution >= 0.6 is 0 Å². The van der Waals surface area contributed by atoms with Gasteiger partial charge in [-0.05, 0) is 86.2 Å². The van der Waals surface area contributed by atoms with Crippen molar-refractivity contribution in [1.29, 1.82) is 0 Å². The van der Waals surface area contributed by atoms with Crippen molar-refractivity contribution in [2.24, 2.45) is 0 Å². The van der Waals surface area contributed by atoms with Gasteiger partial charge < -0.3 is 0 Å². The first-order valence-corrected chi connectivity index (χ1v) is 17.8. The van der Waals surface area contributed by atoms with Gasteiger partial charge in [-0.15, -0.1) is 0 Å². The van der Waals surface area contributed by atoms with Gasteiger partial charge in [0.05, 0.1) is 11.2 Å². The van der Waals surface area contributed by atoms with Crippen LogP contribution < -0.4 is 0 Å². The van der Waals surface area contributed by atoms with Gasteiger partial charge in [0.25, 0.3) is 0 Å². The summed E-state index contributed by atoms with van der Waals surface area (Å²) in [6, 6.07) is 39.9. The zero-order valence-corrected chi connectivity index (χ0v) is 30.1. The Balaban J connectivity index is 1.30. The van der Waals surface area contributed by atoms with Crippen LogP contribution in [-0.4, -0.2) is 19.1 Å². The lowest BCUT2D eigenvalue weighted by Gasteiger charge is -2.22. The van der Waals surface area contributed by atoms with Crippen molar-refractivity contribution in [3.05, 3.63) is 144 Å². The predicted octanol–water partition coefficient (Wildman–Crippen LogP) is 12.4. The number of pyridine rings is 1. The van der Waals surface area contributed by atoms with Crippen molar-refractivity contribution < 1.29 is 0 Å². The molecule has 0 aliphatic rings. The highest BCUT2D eigenvalue weighted by Gasteiger charge is 2.23. The molecule has 8 rings (SSSR count). The quantitative estimate of drug-likeness (QED) is 0.179. The number of hydrogen-bond acceptors (Lipinski definition) is 2. The Morgan fingerprint density at radius 3 is 2.12 bits per heavy atom. The third kappa shape index (κ3) is 5.22. The maximum absolute atomic E-state index is 4.98. The molecule has 4 nitrogen and oxygen atoms in total. The summed E-state index contributed by atoms with van der Waals surface area (Å²) in [6.07, 6.45) is 6.01. The normalized spacial score (nSPS) is 12.3. The summed E-state index contributed by atoms with van der Waals surface area (Å²) in [5.41, 5.74) is 11.9. The fraction of sp³-hybridized carbons (Fsp3) is 0.217. The summed E-state index contributed by atoms with van der Waals surface area (Å²) in [5, 5.41) is 4.86. The molecule has 50 heavy (non-hydrogen) atoms. The second-order valence-electron chi connectivity index (χ2n) is 15.2. The van der Waals surface area contributed by atoms with Gasteiger partial charge >= 0.3 is 0 Å². The highest BCUT2D eigenvalue weighted by atomic mass is 15.1. The molecule has 0 amide bonds. The molecule has 0 N–H and O–H groups in total. The molecule has 0 saturated carbocycles. The van der Waals surface area contributed by atoms with E-state index in [0.29, 0.717) is 11.8 Å². The van der Waals surface area contributed by atoms with Gasteiger partial charge in [0.15, 0.2) is 0 Å². The molecule has 0 aliphatic heterocycles. The molecule has 5 aromatic carbocycles. The lowest BCUT2D eigenvalue weighted by Crippen LogP contribution is -2.11. The van der Waals surface area contributed by atoms with Gasteiger partial charge in [-0.1, -0.05) is 127 Å². The third-order valence-electron chi connectivity index (χ3n) is 10.1. The van der Waals surface area contributed by atoms with Crippen molar-refractivity contribution in [2.75, 3.05) is 0 Å². The third-order valence-corrected chi connectivity index (χ3v) is 10.1. The number of rotatable bonds is 6. The van der Waals surface area contributed by atoms with Crippen molar-refractivity contribution in [2.45, 2.75) is 65.7 Å². The van der Waals surface area contributed by atoms with E-state index in [0.717, 1.165) is 22.7 Å². The molecule has 0 atom stereocenters. The van der Waals surface area contributed by atoms with E-state index in [9.17, 15) is 0 Å². The van der Waals surface area contributed by atoms with E-state index in [-0.39, 0.29) is 5.41 Å². The van der Waals surface area contributed by atoms with E-state index in [4.69, 9.17) is 9.97 Å². The van der Waals surface area contributed by atoms with E-state index < -0.39 is 0 Å². The fourth-order valence-electron chi connectivity index (χ4n) is 7.73. The van der Waals surface area contributed by atoms with Crippen LogP contribution in [0.3, 0.4) is 0 Å². The smallest absolute Gasteiger partial charge is 0.145 e. The van der Waals surface area contributed by atoms with Gasteiger partial charge in [-0.3, -0.25) is 9.13 Å². The zero-order valence-electron chi connectivity index (χ0n) is 30.1. The summed E-state index contributed by atoms with van der Waals surface area (Å²) in [7, 11) is 0. The number of fused-ring (bicyclic) bond motifs is 4. The van der Waals surface area contributed by atoms with Crippen LogP contribution in [-0.2, 0) is 5.41 Å². The van der Waals surface area contributed by atoms with Gasteiger partial charge in [0.1, 0.15) is 11.5 Å². The van der Waals surface area contributed by atoms with Crippen LogP contribution in [0.15, 0.2) is 128 Å². The molecule has 0 spiro atoms. The van der Waals surface area contributed by atoms with Crippen LogP contribution in [0, 0.1) is 0 Å². The first-order valence-electron chi connectivity index (χ1n) is 17.8. The number of para-hydroxylation sites is 2. The first kappa shape index (κ1) is 31.8. The molecular formula is C46H44N4. The van der Waals surface area contributed by atoms with Crippen LogP contribution in [0.1, 0.15) is 77.0 Å². The number of nitrogens with zero attached hydrogens (tertiary/aromatic N) is 4.